The molecule has 2 fully saturated rings. The van der Waals surface area contributed by atoms with E-state index in [0.717, 1.165) is 61.3 Å². The minimum absolute atomic E-state index is 0.0658. The van der Waals surface area contributed by atoms with Crippen LogP contribution in [0.25, 0.3) is 10.4 Å². The maximum Gasteiger partial charge on any atom is 0.411 e. The van der Waals surface area contributed by atoms with Crippen LogP contribution in [0.1, 0.15) is 110 Å². The molecule has 0 radical (unpaired) electrons. The monoisotopic (exact) mass is 648 g/mol. The van der Waals surface area contributed by atoms with Crippen LogP contribution in [-0.2, 0) is 19.5 Å². The molecule has 2 amide bonds. The van der Waals surface area contributed by atoms with Crippen molar-refractivity contribution in [3.05, 3.63) is 29.4 Å². The molecular formula is C32H48N4O6S2. The van der Waals surface area contributed by atoms with Crippen LogP contribution >= 0.6 is 11.3 Å². The Hall–Kier alpha value is -2.70. The van der Waals surface area contributed by atoms with Gasteiger partial charge in [-0.3, -0.25) is 5.32 Å². The molecule has 0 unspecified atom stereocenters. The van der Waals surface area contributed by atoms with E-state index in [2.05, 4.69) is 20.3 Å². The number of ether oxygens (including phenoxy) is 2. The molecular weight excluding hydrogens is 601 g/mol. The summed E-state index contributed by atoms with van der Waals surface area (Å²) in [4.78, 5) is 30.1. The molecule has 0 aliphatic heterocycles. The van der Waals surface area contributed by atoms with Gasteiger partial charge >= 0.3 is 12.2 Å². The van der Waals surface area contributed by atoms with E-state index in [-0.39, 0.29) is 29.1 Å². The number of alkyl carbamates (subject to hydrolysis) is 1. The standard InChI is InChI=1S/C32H48N4O6S2/c1-21(2)42-31(38)34-24-14-12-23(13-15-24)29-33-19-27(43-29)26-17-16-25(18-28(26)44(39,40)36-32(3,4)5)35-30(37)41-20-22-10-8-6-7-9-11-22/h16-19,21-24,36H,6-15,20H2,1-5H3,(H,34,38)(H,35,37). The van der Waals surface area contributed by atoms with E-state index in [4.69, 9.17) is 9.47 Å². The van der Waals surface area contributed by atoms with Crippen LogP contribution in [-0.4, -0.2) is 49.9 Å². The molecule has 2 aliphatic rings. The number of carbonyl (C=O) groups excluding carboxylic acids is 2. The fourth-order valence-corrected chi connectivity index (χ4v) is 8.72. The second kappa shape index (κ2) is 15.1. The van der Waals surface area contributed by atoms with E-state index in [1.165, 1.54) is 30.2 Å². The maximum atomic E-state index is 13.6. The van der Waals surface area contributed by atoms with Crippen molar-refractivity contribution < 1.29 is 27.5 Å². The Morgan fingerprint density at radius 2 is 1.68 bits per heavy atom. The number of amides is 2. The van der Waals surface area contributed by atoms with Gasteiger partial charge in [-0.2, -0.15) is 0 Å². The lowest BCUT2D eigenvalue weighted by Crippen LogP contribution is -2.40. The van der Waals surface area contributed by atoms with Crippen molar-refractivity contribution in [2.45, 2.75) is 127 Å². The van der Waals surface area contributed by atoms with Crippen molar-refractivity contribution in [2.24, 2.45) is 5.92 Å². The van der Waals surface area contributed by atoms with Gasteiger partial charge in [0.1, 0.15) is 0 Å². The average Bonchev–Trinajstić information content (AvgIpc) is 3.27. The van der Waals surface area contributed by atoms with Crippen molar-refractivity contribution in [1.82, 2.24) is 15.0 Å². The fraction of sp³-hybridized carbons (Fsp3) is 0.656. The lowest BCUT2D eigenvalue weighted by atomic mass is 9.86. The Bertz CT molecular complexity index is 1370. The number of anilines is 1. The van der Waals surface area contributed by atoms with Gasteiger partial charge in [-0.15, -0.1) is 11.3 Å². The number of carbonyl (C=O) groups is 2. The molecule has 2 saturated carbocycles. The number of rotatable bonds is 9. The molecule has 1 aromatic carbocycles. The van der Waals surface area contributed by atoms with Crippen LogP contribution < -0.4 is 15.4 Å². The van der Waals surface area contributed by atoms with Crippen LogP contribution in [0.5, 0.6) is 0 Å². The van der Waals surface area contributed by atoms with Gasteiger partial charge in [-0.05, 0) is 91.2 Å². The zero-order chi connectivity index (χ0) is 31.9. The summed E-state index contributed by atoms with van der Waals surface area (Å²) in [5.74, 6) is 0.593. The third-order valence-electron chi connectivity index (χ3n) is 7.91. The molecule has 1 aromatic heterocycles. The topological polar surface area (TPSA) is 136 Å². The van der Waals surface area contributed by atoms with Crippen LogP contribution in [0.2, 0.25) is 0 Å². The summed E-state index contributed by atoms with van der Waals surface area (Å²) < 4.78 is 40.7. The van der Waals surface area contributed by atoms with Crippen molar-refractivity contribution in [2.75, 3.05) is 11.9 Å². The first-order valence-corrected chi connectivity index (χ1v) is 18.1. The van der Waals surface area contributed by atoms with Crippen molar-refractivity contribution >= 4 is 39.2 Å². The summed E-state index contributed by atoms with van der Waals surface area (Å²) in [5, 5.41) is 6.63. The van der Waals surface area contributed by atoms with Gasteiger partial charge in [0, 0.05) is 34.9 Å². The summed E-state index contributed by atoms with van der Waals surface area (Å²) in [6, 6.07) is 4.97. The summed E-state index contributed by atoms with van der Waals surface area (Å²) in [6.45, 7) is 9.37. The first kappa shape index (κ1) is 34.2. The largest absolute Gasteiger partial charge is 0.449 e. The number of hydrogen-bond acceptors (Lipinski definition) is 8. The summed E-state index contributed by atoms with van der Waals surface area (Å²) >= 11 is 1.48. The van der Waals surface area contributed by atoms with Gasteiger partial charge < -0.3 is 14.8 Å². The van der Waals surface area contributed by atoms with Crippen LogP contribution in [0, 0.1) is 5.92 Å². The van der Waals surface area contributed by atoms with Gasteiger partial charge in [0.15, 0.2) is 0 Å². The van der Waals surface area contributed by atoms with E-state index >= 15 is 0 Å². The number of hydrogen-bond donors (Lipinski definition) is 3. The average molecular weight is 649 g/mol. The van der Waals surface area contributed by atoms with Crippen molar-refractivity contribution in [3.63, 3.8) is 0 Å². The molecule has 0 spiro atoms. The molecule has 4 rings (SSSR count). The Morgan fingerprint density at radius 3 is 2.32 bits per heavy atom. The van der Waals surface area contributed by atoms with E-state index in [1.54, 1.807) is 39.1 Å². The van der Waals surface area contributed by atoms with E-state index in [1.807, 2.05) is 13.8 Å². The molecule has 2 aromatic rings. The molecule has 0 atom stereocenters. The molecule has 12 heteroatoms. The molecule has 2 aliphatic carbocycles. The second-order valence-corrected chi connectivity index (χ2v) is 16.1. The van der Waals surface area contributed by atoms with Crippen molar-refractivity contribution in [1.29, 1.82) is 0 Å². The Morgan fingerprint density at radius 1 is 1.00 bits per heavy atom. The van der Waals surface area contributed by atoms with Crippen LogP contribution in [0.15, 0.2) is 29.3 Å². The Balaban J connectivity index is 1.48. The van der Waals surface area contributed by atoms with Gasteiger partial charge in [0.05, 0.1) is 27.5 Å². The normalized spacial score (nSPS) is 20.1. The molecule has 3 N–H and O–H groups in total. The second-order valence-electron chi connectivity index (χ2n) is 13.4. The lowest BCUT2D eigenvalue weighted by molar-refractivity contribution is 0.109. The molecule has 244 valence electrons. The number of nitrogens with one attached hydrogen (secondary N) is 3. The number of aromatic nitrogens is 1. The number of benzene rings is 1. The molecule has 44 heavy (non-hydrogen) atoms. The van der Waals surface area contributed by atoms with Gasteiger partial charge in [0.2, 0.25) is 10.0 Å². The first-order valence-electron chi connectivity index (χ1n) is 15.8. The lowest BCUT2D eigenvalue weighted by Gasteiger charge is -2.28. The van der Waals surface area contributed by atoms with Gasteiger partial charge in [-0.25, -0.2) is 27.7 Å². The zero-order valence-corrected chi connectivity index (χ0v) is 28.2. The molecule has 0 bridgehead atoms. The number of sulfonamides is 1. The Kier molecular flexibility index (Phi) is 11.7. The highest BCUT2D eigenvalue weighted by Crippen LogP contribution is 2.40. The summed E-state index contributed by atoms with van der Waals surface area (Å²) in [6.07, 6.45) is 10.8. The third kappa shape index (κ3) is 10.2. The zero-order valence-electron chi connectivity index (χ0n) is 26.6. The minimum Gasteiger partial charge on any atom is -0.449 e. The Labute approximate surface area is 266 Å². The summed E-state index contributed by atoms with van der Waals surface area (Å²) in [5.41, 5.74) is 0.166. The van der Waals surface area contributed by atoms with E-state index in [9.17, 15) is 18.0 Å². The molecule has 0 saturated heterocycles. The number of nitrogens with zero attached hydrogens (tertiary/aromatic N) is 1. The van der Waals surface area contributed by atoms with Crippen LogP contribution in [0.3, 0.4) is 0 Å². The third-order valence-corrected chi connectivity index (χ3v) is 10.9. The maximum absolute atomic E-state index is 13.6. The smallest absolute Gasteiger partial charge is 0.411 e. The van der Waals surface area contributed by atoms with Gasteiger partial charge in [-0.1, -0.05) is 31.7 Å². The number of thiazole rings is 1. The summed E-state index contributed by atoms with van der Waals surface area (Å²) in [7, 11) is -3.95. The fourth-order valence-electron chi connectivity index (χ4n) is 5.86. The quantitative estimate of drug-likeness (QED) is 0.239. The molecule has 10 nitrogen and oxygen atoms in total. The van der Waals surface area contributed by atoms with Crippen molar-refractivity contribution in [3.8, 4) is 10.4 Å². The highest BCUT2D eigenvalue weighted by molar-refractivity contribution is 7.89. The highest BCUT2D eigenvalue weighted by Gasteiger charge is 2.29. The predicted molar refractivity (Wildman–Crippen MR) is 174 cm³/mol. The first-order chi connectivity index (χ1) is 20.8. The predicted octanol–water partition coefficient (Wildman–Crippen LogP) is 7.57. The van der Waals surface area contributed by atoms with Crippen LogP contribution in [0.4, 0.5) is 15.3 Å². The van der Waals surface area contributed by atoms with Gasteiger partial charge in [0.25, 0.3) is 0 Å². The van der Waals surface area contributed by atoms with E-state index < -0.39 is 21.7 Å². The highest BCUT2D eigenvalue weighted by atomic mass is 32.2. The minimum atomic E-state index is -3.95. The van der Waals surface area contributed by atoms with E-state index in [0.29, 0.717) is 23.8 Å². The molecule has 1 heterocycles. The SMILES string of the molecule is CC(C)OC(=O)NC1CCC(c2ncc(-c3ccc(NC(=O)OCC4CCCCCC4)cc3S(=O)(=O)NC(C)(C)C)s2)CC1.